The first-order valence-corrected chi connectivity index (χ1v) is 7.24. The van der Waals surface area contributed by atoms with Crippen LogP contribution in [0.2, 0.25) is 0 Å². The molecular formula is C13H23N5O2. The highest BCUT2D eigenvalue weighted by molar-refractivity contribution is 4.99. The van der Waals surface area contributed by atoms with E-state index in [0.29, 0.717) is 24.9 Å². The van der Waals surface area contributed by atoms with Crippen molar-refractivity contribution in [3.05, 3.63) is 11.7 Å². The van der Waals surface area contributed by atoms with Gasteiger partial charge < -0.3 is 24.7 Å². The molecule has 2 fully saturated rings. The van der Waals surface area contributed by atoms with Crippen molar-refractivity contribution in [3.63, 3.8) is 0 Å². The van der Waals surface area contributed by atoms with E-state index in [4.69, 9.17) is 4.52 Å². The second kappa shape index (κ2) is 5.77. The zero-order chi connectivity index (χ0) is 14.1. The summed E-state index contributed by atoms with van der Waals surface area (Å²) < 4.78 is 5.33. The van der Waals surface area contributed by atoms with E-state index < -0.39 is 0 Å². The fraction of sp³-hybridized carbons (Fsp3) is 0.846. The van der Waals surface area contributed by atoms with Crippen LogP contribution in [0.25, 0.3) is 0 Å². The quantitative estimate of drug-likeness (QED) is 0.755. The first-order valence-electron chi connectivity index (χ1n) is 7.24. The SMILES string of the molecule is CN1CCN(C)C(Cc2noc([C@H]3C[C@@H](O)CN3)n2)C1. The number of aromatic nitrogens is 2. The van der Waals surface area contributed by atoms with Crippen LogP contribution in [0.3, 0.4) is 0 Å². The number of hydrogen-bond acceptors (Lipinski definition) is 7. The van der Waals surface area contributed by atoms with Crippen LogP contribution in [0, 0.1) is 0 Å². The van der Waals surface area contributed by atoms with E-state index >= 15 is 0 Å². The number of nitrogens with one attached hydrogen (secondary N) is 1. The number of aliphatic hydroxyl groups excluding tert-OH is 1. The molecular weight excluding hydrogens is 258 g/mol. The lowest BCUT2D eigenvalue weighted by molar-refractivity contribution is 0.113. The number of β-amino-alcohol motifs (C(OH)–C–C–N with tert-alkyl or cyclic N) is 1. The summed E-state index contributed by atoms with van der Waals surface area (Å²) in [5.74, 6) is 1.36. The van der Waals surface area contributed by atoms with Crippen molar-refractivity contribution in [2.45, 2.75) is 31.0 Å². The zero-order valence-corrected chi connectivity index (χ0v) is 12.1. The van der Waals surface area contributed by atoms with Gasteiger partial charge in [0.1, 0.15) is 0 Å². The monoisotopic (exact) mass is 281 g/mol. The van der Waals surface area contributed by atoms with Crippen LogP contribution in [0.4, 0.5) is 0 Å². The summed E-state index contributed by atoms with van der Waals surface area (Å²) in [6.07, 6.45) is 1.14. The first-order chi connectivity index (χ1) is 9.61. The predicted octanol–water partition coefficient (Wildman–Crippen LogP) is -0.747. The van der Waals surface area contributed by atoms with Crippen LogP contribution in [0.1, 0.15) is 24.2 Å². The minimum absolute atomic E-state index is 0.00184. The molecule has 3 heterocycles. The Balaban J connectivity index is 1.62. The molecule has 0 bridgehead atoms. The Morgan fingerprint density at radius 3 is 3.00 bits per heavy atom. The van der Waals surface area contributed by atoms with Gasteiger partial charge in [-0.05, 0) is 20.5 Å². The summed E-state index contributed by atoms with van der Waals surface area (Å²) in [6, 6.07) is 0.430. The molecule has 0 aliphatic carbocycles. The molecule has 1 unspecified atom stereocenters. The van der Waals surface area contributed by atoms with Crippen molar-refractivity contribution in [3.8, 4) is 0 Å². The van der Waals surface area contributed by atoms with Crippen molar-refractivity contribution in [1.82, 2.24) is 25.3 Å². The Morgan fingerprint density at radius 1 is 1.40 bits per heavy atom. The Kier molecular flexibility index (Phi) is 4.02. The maximum absolute atomic E-state index is 9.53. The number of aliphatic hydroxyl groups is 1. The Labute approximate surface area is 118 Å². The normalized spacial score (nSPS) is 32.9. The number of rotatable bonds is 3. The smallest absolute Gasteiger partial charge is 0.243 e. The standard InChI is InChI=1S/C13H23N5O2/c1-17-3-4-18(2)9(8-17)5-12-15-13(20-16-12)11-6-10(19)7-14-11/h9-11,14,19H,3-8H2,1-2H3/t9?,10-,11-/m1/s1. The highest BCUT2D eigenvalue weighted by Gasteiger charge is 2.29. The highest BCUT2D eigenvalue weighted by Crippen LogP contribution is 2.22. The Hall–Kier alpha value is -1.02. The first kappa shape index (κ1) is 13.9. The van der Waals surface area contributed by atoms with Crippen molar-refractivity contribution >= 4 is 0 Å². The van der Waals surface area contributed by atoms with Gasteiger partial charge in [0.05, 0.1) is 12.1 Å². The van der Waals surface area contributed by atoms with Crippen molar-refractivity contribution in [1.29, 1.82) is 0 Å². The van der Waals surface area contributed by atoms with Gasteiger partial charge in [-0.3, -0.25) is 0 Å². The number of likely N-dealkylation sites (N-methyl/N-ethyl adjacent to an activating group) is 2. The molecule has 3 atom stereocenters. The topological polar surface area (TPSA) is 77.7 Å². The maximum Gasteiger partial charge on any atom is 0.243 e. The molecule has 2 aliphatic heterocycles. The van der Waals surface area contributed by atoms with Gasteiger partial charge in [-0.25, -0.2) is 0 Å². The lowest BCUT2D eigenvalue weighted by Crippen LogP contribution is -2.50. The predicted molar refractivity (Wildman–Crippen MR) is 73.3 cm³/mol. The van der Waals surface area contributed by atoms with E-state index in [0.717, 1.165) is 31.9 Å². The third-order valence-corrected chi connectivity index (χ3v) is 4.29. The van der Waals surface area contributed by atoms with Crippen LogP contribution in [0.15, 0.2) is 4.52 Å². The zero-order valence-electron chi connectivity index (χ0n) is 12.1. The number of nitrogens with zero attached hydrogens (tertiary/aromatic N) is 4. The van der Waals surface area contributed by atoms with Gasteiger partial charge in [-0.1, -0.05) is 5.16 Å². The minimum atomic E-state index is -0.312. The Morgan fingerprint density at radius 2 is 2.25 bits per heavy atom. The largest absolute Gasteiger partial charge is 0.392 e. The molecule has 7 heteroatoms. The number of hydrogen-bond donors (Lipinski definition) is 2. The lowest BCUT2D eigenvalue weighted by Gasteiger charge is -2.37. The summed E-state index contributed by atoms with van der Waals surface area (Å²) in [4.78, 5) is 9.17. The van der Waals surface area contributed by atoms with E-state index in [2.05, 4.69) is 39.4 Å². The van der Waals surface area contributed by atoms with Crippen molar-refractivity contribution in [2.24, 2.45) is 0 Å². The second-order valence-corrected chi connectivity index (χ2v) is 6.00. The summed E-state index contributed by atoms with van der Waals surface area (Å²) in [6.45, 7) is 3.80. The van der Waals surface area contributed by atoms with Crippen LogP contribution < -0.4 is 5.32 Å². The van der Waals surface area contributed by atoms with Crippen LogP contribution in [0.5, 0.6) is 0 Å². The molecule has 112 valence electrons. The van der Waals surface area contributed by atoms with Crippen molar-refractivity contribution in [2.75, 3.05) is 40.3 Å². The van der Waals surface area contributed by atoms with E-state index in [1.165, 1.54) is 0 Å². The molecule has 0 saturated carbocycles. The van der Waals surface area contributed by atoms with Gasteiger partial charge in [0.15, 0.2) is 5.82 Å². The molecule has 1 aromatic rings. The third kappa shape index (κ3) is 3.01. The third-order valence-electron chi connectivity index (χ3n) is 4.29. The fourth-order valence-electron chi connectivity index (χ4n) is 2.93. The summed E-state index contributed by atoms with van der Waals surface area (Å²) in [7, 11) is 4.29. The van der Waals surface area contributed by atoms with Crippen LogP contribution in [-0.4, -0.2) is 77.5 Å². The van der Waals surface area contributed by atoms with Gasteiger partial charge in [-0.2, -0.15) is 4.98 Å². The molecule has 2 aliphatic rings. The molecule has 2 N–H and O–H groups in total. The summed E-state index contributed by atoms with van der Waals surface area (Å²) >= 11 is 0. The molecule has 0 amide bonds. The van der Waals surface area contributed by atoms with E-state index in [1.54, 1.807) is 0 Å². The van der Waals surface area contributed by atoms with E-state index in [1.807, 2.05) is 0 Å². The minimum Gasteiger partial charge on any atom is -0.392 e. The average Bonchev–Trinajstić information content (AvgIpc) is 3.03. The van der Waals surface area contributed by atoms with Crippen molar-refractivity contribution < 1.29 is 9.63 Å². The van der Waals surface area contributed by atoms with E-state index in [-0.39, 0.29) is 12.1 Å². The second-order valence-electron chi connectivity index (χ2n) is 6.00. The highest BCUT2D eigenvalue weighted by atomic mass is 16.5. The van der Waals surface area contributed by atoms with Gasteiger partial charge in [0.25, 0.3) is 0 Å². The summed E-state index contributed by atoms with van der Waals surface area (Å²) in [5.41, 5.74) is 0. The average molecular weight is 281 g/mol. The lowest BCUT2D eigenvalue weighted by atomic mass is 10.1. The molecule has 0 aromatic carbocycles. The van der Waals surface area contributed by atoms with Gasteiger partial charge in [0, 0.05) is 38.6 Å². The van der Waals surface area contributed by atoms with E-state index in [9.17, 15) is 5.11 Å². The van der Waals surface area contributed by atoms with Gasteiger partial charge in [0.2, 0.25) is 5.89 Å². The van der Waals surface area contributed by atoms with Crippen LogP contribution >= 0.6 is 0 Å². The Bertz CT molecular complexity index is 452. The van der Waals surface area contributed by atoms with Gasteiger partial charge >= 0.3 is 0 Å². The number of piperazine rings is 1. The molecule has 1 aromatic heterocycles. The molecule has 20 heavy (non-hydrogen) atoms. The molecule has 3 rings (SSSR count). The van der Waals surface area contributed by atoms with Crippen LogP contribution in [-0.2, 0) is 6.42 Å². The molecule has 0 radical (unpaired) electrons. The van der Waals surface area contributed by atoms with Gasteiger partial charge in [-0.15, -0.1) is 0 Å². The maximum atomic E-state index is 9.53. The summed E-state index contributed by atoms with van der Waals surface area (Å²) in [5, 5.41) is 16.8. The molecule has 7 nitrogen and oxygen atoms in total. The molecule has 2 saturated heterocycles. The molecule has 0 spiro atoms. The fourth-order valence-corrected chi connectivity index (χ4v) is 2.93.